The van der Waals surface area contributed by atoms with Crippen LogP contribution in [0.2, 0.25) is 0 Å². The van der Waals surface area contributed by atoms with Crippen LogP contribution < -0.4 is 0 Å². The first kappa shape index (κ1) is 71.5. The second kappa shape index (κ2) is 24.8. The summed E-state index contributed by atoms with van der Waals surface area (Å²) >= 11 is 0. The van der Waals surface area contributed by atoms with Crippen molar-refractivity contribution in [2.24, 2.45) is 98.6 Å². The number of esters is 4. The van der Waals surface area contributed by atoms with E-state index >= 15 is 0 Å². The second-order valence-electron chi connectivity index (χ2n) is 28.0. The Hall–Kier alpha value is -3.99. The third-order valence-electron chi connectivity index (χ3n) is 23.3. The Balaban J connectivity index is 0.000000253. The summed E-state index contributed by atoms with van der Waals surface area (Å²) in [6.45, 7) is 16.6. The molecule has 8 rings (SSSR count). The molecule has 0 aliphatic heterocycles. The Morgan fingerprint density at radius 1 is 0.602 bits per heavy atom. The van der Waals surface area contributed by atoms with Crippen LogP contribution in [0.15, 0.2) is 0 Å². The molecule has 21 atom stereocenters. The molecule has 0 spiro atoms. The van der Waals surface area contributed by atoms with E-state index in [1.165, 1.54) is 13.8 Å². The molecule has 17 nitrogen and oxygen atoms in total. The average molecular weight is 1320 g/mol. The topological polar surface area (TPSA) is 271 Å². The molecule has 0 saturated heterocycles. The molecule has 21 unspecified atom stereocenters. The number of hydrogen-bond donors (Lipinski definition) is 0. The van der Waals surface area contributed by atoms with Gasteiger partial charge in [0.05, 0.1) is 0 Å². The summed E-state index contributed by atoms with van der Waals surface area (Å²) in [7, 11) is -13.6. The summed E-state index contributed by atoms with van der Waals surface area (Å²) in [5, 5.41) is -11.8. The third-order valence-corrected chi connectivity index (χ3v) is 25.0. The quantitative estimate of drug-likeness (QED) is 0.0601. The zero-order valence-corrected chi connectivity index (χ0v) is 52.2. The summed E-state index contributed by atoms with van der Waals surface area (Å²) in [5.74, 6) is -5.66. The fraction of sp³-hybridized carbons (Fsp3) is 0.881. The van der Waals surface area contributed by atoms with E-state index in [4.69, 9.17) is 9.47 Å². The van der Waals surface area contributed by atoms with Crippen molar-refractivity contribution in [1.29, 1.82) is 0 Å². The number of carbonyl (C=O) groups excluding carboxylic acids is 7. The lowest BCUT2D eigenvalue weighted by Gasteiger charge is -2.64. The van der Waals surface area contributed by atoms with E-state index < -0.39 is 115 Å². The highest BCUT2D eigenvalue weighted by atomic mass is 32.2. The van der Waals surface area contributed by atoms with Gasteiger partial charge in [0.2, 0.25) is 0 Å². The molecule has 502 valence electrons. The molecule has 0 aromatic carbocycles. The SMILES string of the molecule is CC(=O)OC1CC2CC(C)CCC2(C)C2CC(OC(C)=O)C3(C)C(C(C)CCC(=O)OC(C(F)(F)F)C(F)(F)S(=O)(=O)[O-])CCC3C12.CC(CCC(=O)OC(C(F)(F)F)C(F)(F)S(=O)(=O)[O-])C1CCC2C3C(=O)CC4CC(=O)CCC4(C)C3CC(=O)C12C. The molecular formula is C59H80F10O17S2-2. The number of carbonyl (C=O) groups is 7. The normalized spacial score (nSPS) is 38.1. The van der Waals surface area contributed by atoms with Crippen molar-refractivity contribution in [1.82, 2.24) is 0 Å². The standard InChI is InChI=1S/C32H47F5O9S.C27H35F5O8S/c1-16-11-12-29(5)20(13-16)14-24(44-18(3)38)27-22-9-8-21(30(22,6)25(15-23(27)29)45-19(4)39)17(2)7-10-26(40)46-28(31(33,34)35)32(36,37)47(41,42)43;1-13(4-7-21(36)40-23(26(28,29)30)27(31,32)41(37,38)39)16-5-6-17-22-18(12-20(35)25(16,17)3)24(2)9-8-15(33)10-14(24)11-19(22)34/h16-17,20-25,27-28H,7-15H2,1-6H3,(H,41,42,43);13-14,16-18,22-23H,4-12H2,1-3H3,(H,37,38,39)/p-2. The molecule has 0 amide bonds. The Morgan fingerprint density at radius 2 is 1.09 bits per heavy atom. The van der Waals surface area contributed by atoms with Gasteiger partial charge >= 0.3 is 46.7 Å². The Kier molecular flexibility index (Phi) is 20.1. The van der Waals surface area contributed by atoms with Gasteiger partial charge in [-0.1, -0.05) is 54.9 Å². The number of ether oxygens (including phenoxy) is 4. The number of ketones is 3. The van der Waals surface area contributed by atoms with Gasteiger partial charge in [0.15, 0.2) is 20.2 Å². The van der Waals surface area contributed by atoms with Gasteiger partial charge in [-0.05, 0) is 147 Å². The largest absolute Gasteiger partial charge is 0.743 e. The van der Waals surface area contributed by atoms with E-state index in [1.54, 1.807) is 20.8 Å². The first-order chi connectivity index (χ1) is 40.1. The number of rotatable bonds is 16. The van der Waals surface area contributed by atoms with Crippen molar-refractivity contribution in [2.45, 2.75) is 225 Å². The highest BCUT2D eigenvalue weighted by molar-refractivity contribution is 7.87. The van der Waals surface area contributed by atoms with Crippen molar-refractivity contribution in [2.75, 3.05) is 0 Å². The molecule has 8 saturated carbocycles. The predicted molar refractivity (Wildman–Crippen MR) is 285 cm³/mol. The van der Waals surface area contributed by atoms with Crippen LogP contribution >= 0.6 is 0 Å². The van der Waals surface area contributed by atoms with Crippen molar-refractivity contribution < 1.29 is 122 Å². The minimum absolute atomic E-state index is 0.0312. The monoisotopic (exact) mass is 1310 g/mol. The number of fused-ring (bicyclic) bond motifs is 10. The Labute approximate surface area is 505 Å². The van der Waals surface area contributed by atoms with E-state index in [-0.39, 0.29) is 119 Å². The maximum atomic E-state index is 13.9. The van der Waals surface area contributed by atoms with Gasteiger partial charge in [-0.15, -0.1) is 0 Å². The van der Waals surface area contributed by atoms with Gasteiger partial charge in [-0.25, -0.2) is 16.8 Å². The van der Waals surface area contributed by atoms with E-state index in [9.17, 15) is 103 Å². The van der Waals surface area contributed by atoms with E-state index in [0.29, 0.717) is 63.2 Å². The maximum Gasteiger partial charge on any atom is 0.432 e. The molecular weight excluding hydrogens is 1230 g/mol. The smallest absolute Gasteiger partial charge is 0.432 e. The maximum absolute atomic E-state index is 13.9. The summed E-state index contributed by atoms with van der Waals surface area (Å²) in [6.07, 6.45) is -15.1. The molecule has 88 heavy (non-hydrogen) atoms. The molecule has 0 radical (unpaired) electrons. The van der Waals surface area contributed by atoms with Crippen LogP contribution in [0.4, 0.5) is 43.9 Å². The summed E-state index contributed by atoms with van der Waals surface area (Å²) in [6, 6.07) is 0. The number of Topliss-reactive ketones (excluding diaryl/α,β-unsaturated/α-hetero) is 3. The summed E-state index contributed by atoms with van der Waals surface area (Å²) < 4.78 is 219. The van der Waals surface area contributed by atoms with Gasteiger partial charge in [0.25, 0.3) is 12.2 Å². The van der Waals surface area contributed by atoms with Crippen LogP contribution in [0.25, 0.3) is 0 Å². The van der Waals surface area contributed by atoms with Crippen LogP contribution in [-0.4, -0.2) is 114 Å². The van der Waals surface area contributed by atoms with Gasteiger partial charge in [0, 0.05) is 75.0 Å². The average Bonchev–Trinajstić information content (AvgIpc) is 1.32. The molecule has 8 aliphatic rings. The van der Waals surface area contributed by atoms with Gasteiger partial charge < -0.3 is 28.1 Å². The van der Waals surface area contributed by atoms with E-state index in [1.807, 2.05) is 6.92 Å². The van der Waals surface area contributed by atoms with E-state index in [2.05, 4.69) is 30.2 Å². The number of alkyl halides is 10. The van der Waals surface area contributed by atoms with Gasteiger partial charge in [-0.3, -0.25) is 33.6 Å². The van der Waals surface area contributed by atoms with Crippen LogP contribution in [0.1, 0.15) is 178 Å². The van der Waals surface area contributed by atoms with Crippen LogP contribution in [0, 0.1) is 98.6 Å². The van der Waals surface area contributed by atoms with E-state index in [0.717, 1.165) is 25.7 Å². The van der Waals surface area contributed by atoms with Gasteiger partial charge in [0.1, 0.15) is 29.6 Å². The zero-order valence-electron chi connectivity index (χ0n) is 50.6. The van der Waals surface area contributed by atoms with Crippen molar-refractivity contribution in [3.05, 3.63) is 0 Å². The third kappa shape index (κ3) is 13.2. The molecule has 0 N–H and O–H groups in total. The highest BCUT2D eigenvalue weighted by Crippen LogP contribution is 2.71. The fourth-order valence-electron chi connectivity index (χ4n) is 18.8. The van der Waals surface area contributed by atoms with Gasteiger partial charge in [-0.2, -0.15) is 43.9 Å². The van der Waals surface area contributed by atoms with Crippen LogP contribution in [-0.2, 0) is 72.7 Å². The number of halogens is 10. The fourth-order valence-corrected chi connectivity index (χ4v) is 19.7. The molecule has 0 aromatic heterocycles. The van der Waals surface area contributed by atoms with Crippen LogP contribution in [0.5, 0.6) is 0 Å². The van der Waals surface area contributed by atoms with Crippen molar-refractivity contribution >= 4 is 61.5 Å². The van der Waals surface area contributed by atoms with Crippen molar-refractivity contribution in [3.63, 3.8) is 0 Å². The summed E-state index contributed by atoms with van der Waals surface area (Å²) in [4.78, 5) is 88.7. The highest BCUT2D eigenvalue weighted by Gasteiger charge is 2.70. The lowest BCUT2D eigenvalue weighted by molar-refractivity contribution is -0.259. The Bertz CT molecular complexity index is 2940. The minimum atomic E-state index is -6.80. The first-order valence-electron chi connectivity index (χ1n) is 30.2. The second-order valence-corrected chi connectivity index (χ2v) is 30.9. The minimum Gasteiger partial charge on any atom is -0.743 e. The first-order valence-corrected chi connectivity index (χ1v) is 33.0. The molecule has 8 aliphatic carbocycles. The van der Waals surface area contributed by atoms with Crippen LogP contribution in [0.3, 0.4) is 0 Å². The molecule has 29 heteroatoms. The zero-order chi connectivity index (χ0) is 66.4. The summed E-state index contributed by atoms with van der Waals surface area (Å²) in [5.41, 5.74) is -1.98. The lowest BCUT2D eigenvalue weighted by Crippen LogP contribution is -2.63. The van der Waals surface area contributed by atoms with Crippen molar-refractivity contribution in [3.8, 4) is 0 Å². The molecule has 0 heterocycles. The molecule has 0 aromatic rings. The Morgan fingerprint density at radius 3 is 1.59 bits per heavy atom. The molecule has 0 bridgehead atoms. The lowest BCUT2D eigenvalue weighted by atomic mass is 9.42. The molecule has 8 fully saturated rings. The number of hydrogen-bond acceptors (Lipinski definition) is 17. The predicted octanol–water partition coefficient (Wildman–Crippen LogP) is 11.0.